The average Bonchev–Trinajstić information content (AvgIpc) is 3.44. The highest BCUT2D eigenvalue weighted by atomic mass is 35.5. The molecule has 29 heavy (non-hydrogen) atoms. The summed E-state index contributed by atoms with van der Waals surface area (Å²) in [5.74, 6) is 0.901. The molecule has 0 aliphatic rings. The summed E-state index contributed by atoms with van der Waals surface area (Å²) in [5.41, 5.74) is 2.88. The Kier molecular flexibility index (Phi) is 6.03. The van der Waals surface area contributed by atoms with Gasteiger partial charge in [-0.25, -0.2) is 0 Å². The van der Waals surface area contributed by atoms with E-state index in [1.807, 2.05) is 71.4 Å². The molecule has 0 fully saturated rings. The Morgan fingerprint density at radius 1 is 1.07 bits per heavy atom. The van der Waals surface area contributed by atoms with Crippen LogP contribution in [0.2, 0.25) is 5.02 Å². The van der Waals surface area contributed by atoms with E-state index in [9.17, 15) is 4.79 Å². The molecule has 0 bridgehead atoms. The van der Waals surface area contributed by atoms with E-state index in [-0.39, 0.29) is 18.4 Å². The second-order valence-electron chi connectivity index (χ2n) is 6.49. The van der Waals surface area contributed by atoms with Crippen LogP contribution in [0.5, 0.6) is 0 Å². The number of amides is 1. The van der Waals surface area contributed by atoms with Crippen LogP contribution in [-0.4, -0.2) is 16.0 Å². The molecule has 0 aliphatic heterocycles. The van der Waals surface area contributed by atoms with Crippen molar-refractivity contribution in [2.75, 3.05) is 0 Å². The Hall–Kier alpha value is -2.96. The first-order valence-electron chi connectivity index (χ1n) is 9.14. The van der Waals surface area contributed by atoms with Crippen molar-refractivity contribution >= 4 is 28.8 Å². The minimum absolute atomic E-state index is 0.0934. The number of carbonyl (C=O) groups is 1. The molecule has 2 aromatic carbocycles. The van der Waals surface area contributed by atoms with Gasteiger partial charge in [0.15, 0.2) is 0 Å². The van der Waals surface area contributed by atoms with E-state index in [0.717, 1.165) is 16.7 Å². The van der Waals surface area contributed by atoms with E-state index in [0.29, 0.717) is 23.2 Å². The number of benzene rings is 2. The van der Waals surface area contributed by atoms with Crippen molar-refractivity contribution in [1.82, 2.24) is 15.5 Å². The number of carbonyl (C=O) groups excluding carboxylic acids is 1. The lowest BCUT2D eigenvalue weighted by Gasteiger charge is -2.20. The highest BCUT2D eigenvalue weighted by Crippen LogP contribution is 2.24. The molecule has 0 saturated heterocycles. The first kappa shape index (κ1) is 19.4. The maximum atomic E-state index is 12.7. The van der Waals surface area contributed by atoms with Gasteiger partial charge in [0, 0.05) is 28.8 Å². The van der Waals surface area contributed by atoms with Gasteiger partial charge in [0.2, 0.25) is 17.6 Å². The molecule has 0 radical (unpaired) electrons. The van der Waals surface area contributed by atoms with Gasteiger partial charge in [-0.15, -0.1) is 0 Å². The van der Waals surface area contributed by atoms with Crippen LogP contribution in [-0.2, 0) is 11.2 Å². The third kappa shape index (κ3) is 4.91. The highest BCUT2D eigenvalue weighted by molar-refractivity contribution is 7.08. The average molecular weight is 424 g/mol. The van der Waals surface area contributed by atoms with Crippen LogP contribution < -0.4 is 5.32 Å². The summed E-state index contributed by atoms with van der Waals surface area (Å²) >= 11 is 7.59. The first-order chi connectivity index (χ1) is 14.2. The molecule has 1 amide bonds. The van der Waals surface area contributed by atoms with Gasteiger partial charge in [-0.1, -0.05) is 59.2 Å². The van der Waals surface area contributed by atoms with Crippen LogP contribution in [0.4, 0.5) is 0 Å². The van der Waals surface area contributed by atoms with Gasteiger partial charge in [-0.2, -0.15) is 16.3 Å². The molecule has 2 heterocycles. The molecule has 4 aromatic rings. The molecule has 146 valence electrons. The molecule has 1 N–H and O–H groups in total. The summed E-state index contributed by atoms with van der Waals surface area (Å²) in [6.45, 7) is 0. The molecule has 2 aromatic heterocycles. The maximum Gasteiger partial charge on any atom is 0.227 e. The van der Waals surface area contributed by atoms with Gasteiger partial charge in [0.25, 0.3) is 0 Å². The van der Waals surface area contributed by atoms with Crippen molar-refractivity contribution in [3.05, 3.63) is 93.5 Å². The predicted molar refractivity (Wildman–Crippen MR) is 114 cm³/mol. The molecule has 0 saturated carbocycles. The van der Waals surface area contributed by atoms with Gasteiger partial charge in [0.1, 0.15) is 0 Å². The molecule has 1 unspecified atom stereocenters. The number of hydrogen-bond donors (Lipinski definition) is 1. The summed E-state index contributed by atoms with van der Waals surface area (Å²) in [6, 6.07) is 19.0. The van der Waals surface area contributed by atoms with E-state index in [2.05, 4.69) is 15.5 Å². The summed E-state index contributed by atoms with van der Waals surface area (Å²) < 4.78 is 5.28. The van der Waals surface area contributed by atoms with E-state index in [1.54, 1.807) is 11.3 Å². The van der Waals surface area contributed by atoms with E-state index in [1.165, 1.54) is 0 Å². The lowest BCUT2D eigenvalue weighted by Crippen LogP contribution is -2.29. The molecule has 0 aliphatic carbocycles. The quantitative estimate of drug-likeness (QED) is 0.438. The zero-order valence-corrected chi connectivity index (χ0v) is 17.0. The molecule has 4 rings (SSSR count). The van der Waals surface area contributed by atoms with E-state index in [4.69, 9.17) is 16.1 Å². The summed E-state index contributed by atoms with van der Waals surface area (Å²) in [6.07, 6.45) is 0.632. The van der Waals surface area contributed by atoms with Gasteiger partial charge >= 0.3 is 0 Å². The monoisotopic (exact) mass is 423 g/mol. The molecular weight excluding hydrogens is 406 g/mol. The SMILES string of the molecule is O=C(CCc1nc(-c2ccsc2)no1)NC(c1ccccc1)c1ccc(Cl)cc1. The number of nitrogens with zero attached hydrogens (tertiary/aromatic N) is 2. The third-order valence-electron chi connectivity index (χ3n) is 4.45. The number of halogens is 1. The fourth-order valence-electron chi connectivity index (χ4n) is 2.98. The van der Waals surface area contributed by atoms with Crippen LogP contribution >= 0.6 is 22.9 Å². The first-order valence-corrected chi connectivity index (χ1v) is 10.5. The summed E-state index contributed by atoms with van der Waals surface area (Å²) in [7, 11) is 0. The molecule has 1 atom stereocenters. The van der Waals surface area contributed by atoms with Crippen molar-refractivity contribution < 1.29 is 9.32 Å². The van der Waals surface area contributed by atoms with Crippen molar-refractivity contribution in [1.29, 1.82) is 0 Å². The highest BCUT2D eigenvalue weighted by Gasteiger charge is 2.18. The largest absolute Gasteiger partial charge is 0.345 e. The minimum Gasteiger partial charge on any atom is -0.345 e. The Morgan fingerprint density at radius 3 is 2.55 bits per heavy atom. The van der Waals surface area contributed by atoms with Crippen LogP contribution in [0.1, 0.15) is 29.5 Å². The number of rotatable bonds is 7. The zero-order chi connectivity index (χ0) is 20.1. The fourth-order valence-corrected chi connectivity index (χ4v) is 3.74. The van der Waals surface area contributed by atoms with E-state index >= 15 is 0 Å². The second kappa shape index (κ2) is 9.03. The van der Waals surface area contributed by atoms with Crippen molar-refractivity contribution in [2.24, 2.45) is 0 Å². The Morgan fingerprint density at radius 2 is 1.83 bits per heavy atom. The number of hydrogen-bond acceptors (Lipinski definition) is 5. The Balaban J connectivity index is 1.43. The lowest BCUT2D eigenvalue weighted by atomic mass is 9.98. The zero-order valence-electron chi connectivity index (χ0n) is 15.4. The minimum atomic E-state index is -0.259. The second-order valence-corrected chi connectivity index (χ2v) is 7.70. The van der Waals surface area contributed by atoms with Gasteiger partial charge in [-0.3, -0.25) is 4.79 Å². The van der Waals surface area contributed by atoms with Gasteiger partial charge < -0.3 is 9.84 Å². The Labute approximate surface area is 177 Å². The topological polar surface area (TPSA) is 68.0 Å². The van der Waals surface area contributed by atoms with Crippen LogP contribution in [0.25, 0.3) is 11.4 Å². The van der Waals surface area contributed by atoms with Crippen molar-refractivity contribution in [2.45, 2.75) is 18.9 Å². The maximum absolute atomic E-state index is 12.7. The Bertz CT molecular complexity index is 1060. The van der Waals surface area contributed by atoms with E-state index < -0.39 is 0 Å². The fraction of sp³-hybridized carbons (Fsp3) is 0.136. The smallest absolute Gasteiger partial charge is 0.227 e. The predicted octanol–water partition coefficient (Wildman–Crippen LogP) is 5.29. The molecule has 5 nitrogen and oxygen atoms in total. The number of thiophene rings is 1. The summed E-state index contributed by atoms with van der Waals surface area (Å²) in [4.78, 5) is 17.0. The number of aryl methyl sites for hydroxylation is 1. The number of aromatic nitrogens is 2. The van der Waals surface area contributed by atoms with Crippen molar-refractivity contribution in [3.63, 3.8) is 0 Å². The third-order valence-corrected chi connectivity index (χ3v) is 5.39. The lowest BCUT2D eigenvalue weighted by molar-refractivity contribution is -0.121. The number of nitrogens with one attached hydrogen (secondary N) is 1. The van der Waals surface area contributed by atoms with Gasteiger partial charge in [-0.05, 0) is 34.7 Å². The standard InChI is InChI=1S/C22H18ClN3O2S/c23-18-8-6-16(7-9-18)21(15-4-2-1-3-5-15)24-19(27)10-11-20-25-22(26-28-20)17-12-13-29-14-17/h1-9,12-14,21H,10-11H2,(H,24,27). The van der Waals surface area contributed by atoms with Crippen LogP contribution in [0, 0.1) is 0 Å². The van der Waals surface area contributed by atoms with Crippen molar-refractivity contribution in [3.8, 4) is 11.4 Å². The van der Waals surface area contributed by atoms with Crippen LogP contribution in [0.3, 0.4) is 0 Å². The molecule has 0 spiro atoms. The molecular formula is C22H18ClN3O2S. The van der Waals surface area contributed by atoms with Gasteiger partial charge in [0.05, 0.1) is 6.04 Å². The molecule has 7 heteroatoms. The normalized spacial score (nSPS) is 11.9. The van der Waals surface area contributed by atoms with Crippen LogP contribution in [0.15, 0.2) is 75.9 Å². The summed E-state index contributed by atoms with van der Waals surface area (Å²) in [5, 5.41) is 11.7.